The zero-order valence-electron chi connectivity index (χ0n) is 16.2. The van der Waals surface area contributed by atoms with Crippen LogP contribution >= 0.6 is 12.2 Å². The largest absolute Gasteiger partial charge is 0.352 e. The van der Waals surface area contributed by atoms with Crippen molar-refractivity contribution in [2.45, 2.75) is 32.9 Å². The Hall–Kier alpha value is -2.73. The van der Waals surface area contributed by atoms with Crippen LogP contribution in [0.15, 0.2) is 54.7 Å². The van der Waals surface area contributed by atoms with E-state index in [1.807, 2.05) is 37.4 Å². The van der Waals surface area contributed by atoms with Crippen LogP contribution in [0.25, 0.3) is 5.69 Å². The molecule has 1 aliphatic rings. The van der Waals surface area contributed by atoms with E-state index in [1.54, 1.807) is 12.1 Å². The van der Waals surface area contributed by atoms with Gasteiger partial charge in [-0.2, -0.15) is 0 Å². The third-order valence-electron chi connectivity index (χ3n) is 5.39. The van der Waals surface area contributed by atoms with Crippen LogP contribution in [0.1, 0.15) is 41.7 Å². The summed E-state index contributed by atoms with van der Waals surface area (Å²) in [6, 6.07) is 14.8. The summed E-state index contributed by atoms with van der Waals surface area (Å²) >= 11 is 5.62. The first kappa shape index (κ1) is 18.6. The summed E-state index contributed by atoms with van der Waals surface area (Å²) < 4.78 is 15.9. The van der Waals surface area contributed by atoms with Gasteiger partial charge in [0.2, 0.25) is 0 Å². The minimum atomic E-state index is -0.239. The minimum Gasteiger partial charge on any atom is -0.352 e. The summed E-state index contributed by atoms with van der Waals surface area (Å²) in [6.45, 7) is 7.03. The van der Waals surface area contributed by atoms with Crippen molar-refractivity contribution < 1.29 is 4.39 Å². The van der Waals surface area contributed by atoms with Crippen molar-refractivity contribution in [1.82, 2.24) is 19.8 Å². The lowest BCUT2D eigenvalue weighted by molar-refractivity contribution is 0.329. The molecule has 6 heteroatoms. The Morgan fingerprint density at radius 1 is 1.14 bits per heavy atom. The van der Waals surface area contributed by atoms with E-state index in [2.05, 4.69) is 39.7 Å². The van der Waals surface area contributed by atoms with Gasteiger partial charge in [0.15, 0.2) is 5.11 Å². The molecule has 144 valence electrons. The maximum absolute atomic E-state index is 13.8. The molecule has 2 atom stereocenters. The van der Waals surface area contributed by atoms with E-state index in [-0.39, 0.29) is 17.9 Å². The maximum atomic E-state index is 13.8. The van der Waals surface area contributed by atoms with Crippen molar-refractivity contribution >= 4 is 17.3 Å². The zero-order chi connectivity index (χ0) is 19.8. The summed E-state index contributed by atoms with van der Waals surface area (Å²) in [5.74, 6) is -0.239. The van der Waals surface area contributed by atoms with Crippen molar-refractivity contribution in [2.24, 2.45) is 0 Å². The molecule has 2 aromatic heterocycles. The average molecular weight is 395 g/mol. The zero-order valence-corrected chi connectivity index (χ0v) is 17.0. The van der Waals surface area contributed by atoms with Crippen LogP contribution in [0.5, 0.6) is 0 Å². The topological polar surface area (TPSA) is 33.1 Å². The molecule has 2 unspecified atom stereocenters. The van der Waals surface area contributed by atoms with E-state index in [0.717, 1.165) is 34.4 Å². The highest BCUT2D eigenvalue weighted by Gasteiger charge is 2.40. The van der Waals surface area contributed by atoms with Crippen LogP contribution in [0.3, 0.4) is 0 Å². The standard InChI is InChI=1S/C22H23FN4S/c1-4-26-21(20(25-22(26)28)19-10-5-6-11-24-19)18-12-14(2)27(15(18)3)17-9-7-8-16(23)13-17/h5-13,20-21H,4H2,1-3H3,(H,25,28). The molecule has 4 nitrogen and oxygen atoms in total. The third kappa shape index (κ3) is 3.07. The van der Waals surface area contributed by atoms with Gasteiger partial charge in [0, 0.05) is 29.8 Å². The molecule has 3 aromatic rings. The summed E-state index contributed by atoms with van der Waals surface area (Å²) in [7, 11) is 0. The number of hydrogen-bond donors (Lipinski definition) is 1. The number of thiocarbonyl (C=S) groups is 1. The van der Waals surface area contributed by atoms with Gasteiger partial charge in [0.1, 0.15) is 5.82 Å². The van der Waals surface area contributed by atoms with Crippen LogP contribution in [-0.4, -0.2) is 26.1 Å². The summed E-state index contributed by atoms with van der Waals surface area (Å²) in [5, 5.41) is 4.19. The molecule has 0 radical (unpaired) electrons. The van der Waals surface area contributed by atoms with Crippen molar-refractivity contribution in [3.63, 3.8) is 0 Å². The normalized spacial score (nSPS) is 19.1. The second-order valence-electron chi connectivity index (χ2n) is 7.05. The Balaban J connectivity index is 1.84. The Bertz CT molecular complexity index is 1010. The SMILES string of the molecule is CCN1C(=S)NC(c2ccccn2)C1c1cc(C)n(-c2cccc(F)c2)c1C. The molecule has 1 N–H and O–H groups in total. The number of aryl methyl sites for hydroxylation is 1. The Morgan fingerprint density at radius 2 is 1.96 bits per heavy atom. The molecule has 0 aliphatic carbocycles. The highest BCUT2D eigenvalue weighted by atomic mass is 32.1. The second kappa shape index (κ2) is 7.36. The number of aromatic nitrogens is 2. The molecule has 28 heavy (non-hydrogen) atoms. The number of nitrogens with zero attached hydrogens (tertiary/aromatic N) is 3. The number of hydrogen-bond acceptors (Lipinski definition) is 2. The average Bonchev–Trinajstić information content (AvgIpc) is 3.17. The fourth-order valence-electron chi connectivity index (χ4n) is 4.18. The molecule has 3 heterocycles. The quantitative estimate of drug-likeness (QED) is 0.655. The molecule has 4 rings (SSSR count). The first-order valence-corrected chi connectivity index (χ1v) is 9.85. The molecule has 1 aliphatic heterocycles. The van der Waals surface area contributed by atoms with Gasteiger partial charge in [-0.3, -0.25) is 4.98 Å². The number of rotatable bonds is 4. The fourth-order valence-corrected chi connectivity index (χ4v) is 4.55. The molecule has 0 bridgehead atoms. The van der Waals surface area contributed by atoms with Crippen LogP contribution in [0.2, 0.25) is 0 Å². The summed E-state index contributed by atoms with van der Waals surface area (Å²) in [4.78, 5) is 6.76. The van der Waals surface area contributed by atoms with E-state index in [1.165, 1.54) is 11.6 Å². The molecular weight excluding hydrogens is 371 g/mol. The predicted molar refractivity (Wildman–Crippen MR) is 113 cm³/mol. The van der Waals surface area contributed by atoms with Gasteiger partial charge in [-0.05, 0) is 75.0 Å². The third-order valence-corrected chi connectivity index (χ3v) is 5.75. The van der Waals surface area contributed by atoms with Crippen molar-refractivity contribution in [2.75, 3.05) is 6.54 Å². The fraction of sp³-hybridized carbons (Fsp3) is 0.273. The lowest BCUT2D eigenvalue weighted by Gasteiger charge is -2.27. The molecule has 0 amide bonds. The summed E-state index contributed by atoms with van der Waals surface area (Å²) in [5.41, 5.74) is 5.10. The Morgan fingerprint density at radius 3 is 2.64 bits per heavy atom. The van der Waals surface area contributed by atoms with Gasteiger partial charge in [-0.15, -0.1) is 0 Å². The predicted octanol–water partition coefficient (Wildman–Crippen LogP) is 4.62. The monoisotopic (exact) mass is 394 g/mol. The first-order valence-electron chi connectivity index (χ1n) is 9.44. The van der Waals surface area contributed by atoms with E-state index >= 15 is 0 Å². The van der Waals surface area contributed by atoms with Crippen LogP contribution in [-0.2, 0) is 0 Å². The van der Waals surface area contributed by atoms with Gasteiger partial charge in [0.05, 0.1) is 17.8 Å². The smallest absolute Gasteiger partial charge is 0.170 e. The Labute approximate surface area is 170 Å². The van der Waals surface area contributed by atoms with Crippen molar-refractivity contribution in [3.05, 3.63) is 83.2 Å². The minimum absolute atomic E-state index is 0.0286. The van der Waals surface area contributed by atoms with E-state index in [9.17, 15) is 4.39 Å². The van der Waals surface area contributed by atoms with Crippen molar-refractivity contribution in [3.8, 4) is 5.69 Å². The van der Waals surface area contributed by atoms with Gasteiger partial charge in [-0.25, -0.2) is 4.39 Å². The second-order valence-corrected chi connectivity index (χ2v) is 7.44. The molecule has 0 spiro atoms. The lowest BCUT2D eigenvalue weighted by atomic mass is 9.97. The van der Waals surface area contributed by atoms with E-state index < -0.39 is 0 Å². The van der Waals surface area contributed by atoms with Gasteiger partial charge in [0.25, 0.3) is 0 Å². The Kier molecular flexibility index (Phi) is 4.89. The van der Waals surface area contributed by atoms with Gasteiger partial charge >= 0.3 is 0 Å². The van der Waals surface area contributed by atoms with E-state index in [0.29, 0.717) is 0 Å². The molecule has 1 aromatic carbocycles. The number of likely N-dealkylation sites (N-methyl/N-ethyl adjacent to an activating group) is 1. The number of nitrogens with one attached hydrogen (secondary N) is 1. The summed E-state index contributed by atoms with van der Waals surface area (Å²) in [6.07, 6.45) is 1.81. The van der Waals surface area contributed by atoms with Gasteiger partial charge in [-0.1, -0.05) is 12.1 Å². The van der Waals surface area contributed by atoms with Crippen LogP contribution in [0.4, 0.5) is 4.39 Å². The van der Waals surface area contributed by atoms with E-state index in [4.69, 9.17) is 12.2 Å². The van der Waals surface area contributed by atoms with Gasteiger partial charge < -0.3 is 14.8 Å². The van der Waals surface area contributed by atoms with Crippen LogP contribution in [0, 0.1) is 19.7 Å². The molecule has 1 fully saturated rings. The number of halogens is 1. The highest BCUT2D eigenvalue weighted by molar-refractivity contribution is 7.80. The molecule has 1 saturated heterocycles. The highest BCUT2D eigenvalue weighted by Crippen LogP contribution is 2.41. The first-order chi connectivity index (χ1) is 13.5. The lowest BCUT2D eigenvalue weighted by Crippen LogP contribution is -2.29. The van der Waals surface area contributed by atoms with Crippen molar-refractivity contribution in [1.29, 1.82) is 0 Å². The molecule has 0 saturated carbocycles. The molecular formula is C22H23FN4S. The maximum Gasteiger partial charge on any atom is 0.170 e. The number of pyridine rings is 1. The number of benzene rings is 1. The van der Waals surface area contributed by atoms with Crippen LogP contribution < -0.4 is 5.32 Å².